The number of aromatic nitrogens is 2. The molecule has 0 saturated carbocycles. The summed E-state index contributed by atoms with van der Waals surface area (Å²) in [5.74, 6) is -1.16. The monoisotopic (exact) mass is 346 g/mol. The number of ether oxygens (including phenoxy) is 1. The number of hydrogen-bond donors (Lipinski definition) is 1. The number of carbonyl (C=O) groups excluding carboxylic acids is 1. The molecule has 1 N–H and O–H groups in total. The van der Waals surface area contributed by atoms with Gasteiger partial charge < -0.3 is 9.72 Å². The third-order valence-electron chi connectivity index (χ3n) is 3.65. The predicted octanol–water partition coefficient (Wildman–Crippen LogP) is 3.48. The van der Waals surface area contributed by atoms with Gasteiger partial charge in [0.25, 0.3) is 5.56 Å². The van der Waals surface area contributed by atoms with E-state index in [1.807, 2.05) is 0 Å². The molecule has 0 saturated heterocycles. The number of nitrogens with zero attached hydrogens (tertiary/aromatic N) is 1. The highest BCUT2D eigenvalue weighted by Gasteiger charge is 2.21. The molecule has 3 rings (SSSR count). The third-order valence-corrected chi connectivity index (χ3v) is 3.94. The average molecular weight is 347 g/mol. The number of hydrogen-bond acceptors (Lipinski definition) is 4. The first kappa shape index (κ1) is 16.1. The van der Waals surface area contributed by atoms with Crippen molar-refractivity contribution in [3.8, 4) is 11.3 Å². The Hall–Kier alpha value is -2.73. The van der Waals surface area contributed by atoms with Crippen LogP contribution in [0.5, 0.6) is 0 Å². The highest BCUT2D eigenvalue weighted by atomic mass is 35.5. The Kier molecular flexibility index (Phi) is 4.07. The van der Waals surface area contributed by atoms with E-state index < -0.39 is 17.3 Å². The number of carbonyl (C=O) groups is 1. The molecular weight excluding hydrogens is 335 g/mol. The normalized spacial score (nSPS) is 10.8. The number of H-pyrrole nitrogens is 1. The molecular formula is C17H12ClFN2O3. The van der Waals surface area contributed by atoms with Gasteiger partial charge in [0.15, 0.2) is 0 Å². The molecule has 7 heteroatoms. The van der Waals surface area contributed by atoms with Crippen LogP contribution in [0.25, 0.3) is 22.2 Å². The molecule has 0 aliphatic carbocycles. The van der Waals surface area contributed by atoms with Gasteiger partial charge in [-0.25, -0.2) is 14.2 Å². The van der Waals surface area contributed by atoms with Crippen LogP contribution in [-0.2, 0) is 4.74 Å². The molecule has 24 heavy (non-hydrogen) atoms. The van der Waals surface area contributed by atoms with Crippen LogP contribution in [-0.4, -0.2) is 23.0 Å². The van der Waals surface area contributed by atoms with Crippen LogP contribution < -0.4 is 5.56 Å². The first-order valence-electron chi connectivity index (χ1n) is 7.00. The molecule has 0 bridgehead atoms. The third kappa shape index (κ3) is 2.55. The molecule has 0 amide bonds. The zero-order chi connectivity index (χ0) is 17.4. The van der Waals surface area contributed by atoms with Gasteiger partial charge >= 0.3 is 5.97 Å². The smallest absolute Gasteiger partial charge is 0.341 e. The van der Waals surface area contributed by atoms with E-state index in [9.17, 15) is 14.0 Å². The van der Waals surface area contributed by atoms with Gasteiger partial charge in [0.05, 0.1) is 28.7 Å². The van der Waals surface area contributed by atoms with Crippen molar-refractivity contribution in [2.45, 2.75) is 6.92 Å². The quantitative estimate of drug-likeness (QED) is 0.721. The van der Waals surface area contributed by atoms with E-state index in [1.165, 1.54) is 25.3 Å². The van der Waals surface area contributed by atoms with Gasteiger partial charge in [0.2, 0.25) is 0 Å². The Morgan fingerprint density at radius 1 is 1.33 bits per heavy atom. The fourth-order valence-electron chi connectivity index (χ4n) is 2.52. The number of aryl methyl sites for hydroxylation is 1. The molecule has 2 heterocycles. The Balaban J connectivity index is 2.44. The van der Waals surface area contributed by atoms with Gasteiger partial charge in [-0.05, 0) is 25.1 Å². The molecule has 3 aromatic rings. The minimum absolute atomic E-state index is 0.109. The molecule has 0 atom stereocenters. The average Bonchev–Trinajstić information content (AvgIpc) is 2.55. The van der Waals surface area contributed by atoms with Gasteiger partial charge in [-0.15, -0.1) is 0 Å². The number of esters is 1. The van der Waals surface area contributed by atoms with Crippen molar-refractivity contribution in [3.63, 3.8) is 0 Å². The molecule has 0 unspecified atom stereocenters. The first-order valence-corrected chi connectivity index (χ1v) is 7.38. The minimum atomic E-state index is -0.650. The molecule has 1 aromatic carbocycles. The van der Waals surface area contributed by atoms with Crippen molar-refractivity contribution >= 4 is 28.5 Å². The van der Waals surface area contributed by atoms with Crippen LogP contribution in [0.4, 0.5) is 4.39 Å². The van der Waals surface area contributed by atoms with E-state index in [0.29, 0.717) is 5.69 Å². The highest BCUT2D eigenvalue weighted by Crippen LogP contribution is 2.31. The van der Waals surface area contributed by atoms with Crippen LogP contribution in [0.15, 0.2) is 35.1 Å². The SMILES string of the molecule is COC(=O)c1c(C)[nH]c(=O)c2cc(Cl)c(-c3ccccc3F)nc12. The maximum Gasteiger partial charge on any atom is 0.341 e. The predicted molar refractivity (Wildman–Crippen MR) is 88.8 cm³/mol. The molecule has 122 valence electrons. The van der Waals surface area contributed by atoms with Gasteiger partial charge in [-0.2, -0.15) is 0 Å². The molecule has 0 aliphatic rings. The maximum absolute atomic E-state index is 14.1. The lowest BCUT2D eigenvalue weighted by molar-refractivity contribution is 0.0601. The topological polar surface area (TPSA) is 72.1 Å². The molecule has 0 aliphatic heterocycles. The summed E-state index contributed by atoms with van der Waals surface area (Å²) in [5.41, 5.74) is 0.431. The summed E-state index contributed by atoms with van der Waals surface area (Å²) in [6, 6.07) is 7.36. The van der Waals surface area contributed by atoms with Crippen molar-refractivity contribution < 1.29 is 13.9 Å². The van der Waals surface area contributed by atoms with E-state index in [1.54, 1.807) is 19.1 Å². The summed E-state index contributed by atoms with van der Waals surface area (Å²) in [4.78, 5) is 31.1. The molecule has 0 spiro atoms. The summed E-state index contributed by atoms with van der Waals surface area (Å²) < 4.78 is 18.8. The Morgan fingerprint density at radius 3 is 2.71 bits per heavy atom. The molecule has 0 radical (unpaired) electrons. The van der Waals surface area contributed by atoms with Crippen LogP contribution in [0.1, 0.15) is 16.1 Å². The summed E-state index contributed by atoms with van der Waals surface area (Å²) in [6.45, 7) is 1.56. The molecule has 5 nitrogen and oxygen atoms in total. The lowest BCUT2D eigenvalue weighted by atomic mass is 10.1. The lowest BCUT2D eigenvalue weighted by Gasteiger charge is -2.11. The molecule has 2 aromatic heterocycles. The van der Waals surface area contributed by atoms with E-state index in [0.717, 1.165) is 0 Å². The largest absolute Gasteiger partial charge is 0.465 e. The highest BCUT2D eigenvalue weighted by molar-refractivity contribution is 6.33. The van der Waals surface area contributed by atoms with Gasteiger partial charge in [0, 0.05) is 11.3 Å². The van der Waals surface area contributed by atoms with Gasteiger partial charge in [-0.3, -0.25) is 4.79 Å². The second kappa shape index (κ2) is 6.05. The van der Waals surface area contributed by atoms with Crippen LogP contribution in [0, 0.1) is 12.7 Å². The van der Waals surface area contributed by atoms with Crippen LogP contribution in [0.3, 0.4) is 0 Å². The molecule has 0 fully saturated rings. The van der Waals surface area contributed by atoms with Crippen molar-refractivity contribution in [2.75, 3.05) is 7.11 Å². The van der Waals surface area contributed by atoms with Crippen molar-refractivity contribution in [1.82, 2.24) is 9.97 Å². The zero-order valence-electron chi connectivity index (χ0n) is 12.8. The maximum atomic E-state index is 14.1. The van der Waals surface area contributed by atoms with E-state index >= 15 is 0 Å². The second-order valence-electron chi connectivity index (χ2n) is 5.14. The van der Waals surface area contributed by atoms with E-state index in [2.05, 4.69) is 9.97 Å². The minimum Gasteiger partial charge on any atom is -0.465 e. The fourth-order valence-corrected chi connectivity index (χ4v) is 2.78. The summed E-state index contributed by atoms with van der Waals surface area (Å²) >= 11 is 6.19. The van der Waals surface area contributed by atoms with Crippen molar-refractivity contribution in [1.29, 1.82) is 0 Å². The van der Waals surface area contributed by atoms with Gasteiger partial charge in [0.1, 0.15) is 11.4 Å². The summed E-state index contributed by atoms with van der Waals surface area (Å²) in [7, 11) is 1.23. The summed E-state index contributed by atoms with van der Waals surface area (Å²) in [5, 5.41) is 0.240. The summed E-state index contributed by atoms with van der Waals surface area (Å²) in [6.07, 6.45) is 0. The Bertz CT molecular complexity index is 1030. The number of rotatable bonds is 2. The number of fused-ring (bicyclic) bond motifs is 1. The lowest BCUT2D eigenvalue weighted by Crippen LogP contribution is -2.16. The van der Waals surface area contributed by atoms with Crippen molar-refractivity contribution in [2.24, 2.45) is 0 Å². The zero-order valence-corrected chi connectivity index (χ0v) is 13.6. The second-order valence-corrected chi connectivity index (χ2v) is 5.55. The first-order chi connectivity index (χ1) is 11.4. The van der Waals surface area contributed by atoms with Crippen LogP contribution in [0.2, 0.25) is 5.02 Å². The Labute approximate surface area is 141 Å². The van der Waals surface area contributed by atoms with E-state index in [-0.39, 0.29) is 32.7 Å². The number of nitrogens with one attached hydrogen (secondary N) is 1. The number of benzene rings is 1. The standard InChI is InChI=1S/C17H12ClFN2O3/c1-8-13(17(23)24-2)15-10(16(22)20-8)7-11(18)14(21-15)9-5-3-4-6-12(9)19/h3-7H,1-2H3,(H,20,22). The number of halogens is 2. The fraction of sp³-hybridized carbons (Fsp3) is 0.118. The number of methoxy groups -OCH3 is 1. The van der Waals surface area contributed by atoms with Crippen LogP contribution >= 0.6 is 11.6 Å². The Morgan fingerprint density at radius 2 is 2.04 bits per heavy atom. The number of aromatic amines is 1. The van der Waals surface area contributed by atoms with E-state index in [4.69, 9.17) is 16.3 Å². The van der Waals surface area contributed by atoms with Gasteiger partial charge in [-0.1, -0.05) is 23.7 Å². The number of pyridine rings is 2. The van der Waals surface area contributed by atoms with Crippen molar-refractivity contribution in [3.05, 3.63) is 62.8 Å².